The first-order valence-corrected chi connectivity index (χ1v) is 9.24. The van der Waals surface area contributed by atoms with Gasteiger partial charge >= 0.3 is 0 Å². The summed E-state index contributed by atoms with van der Waals surface area (Å²) in [6.45, 7) is 9.83. The van der Waals surface area contributed by atoms with Gasteiger partial charge in [-0.25, -0.2) is 4.98 Å². The molecule has 2 rings (SSSR count). The normalized spacial score (nSPS) is 28.3. The zero-order valence-electron chi connectivity index (χ0n) is 12.7. The maximum atomic E-state index is 6.12. The largest absolute Gasteiger partial charge is 0.383 e. The van der Waals surface area contributed by atoms with Crippen LogP contribution in [-0.4, -0.2) is 33.0 Å². The van der Waals surface area contributed by atoms with Crippen molar-refractivity contribution in [1.82, 2.24) is 10.3 Å². The number of nitrogen functional groups attached to an aromatic ring is 1. The molecule has 1 aliphatic rings. The molecule has 0 bridgehead atoms. The van der Waals surface area contributed by atoms with Gasteiger partial charge in [0.05, 0.1) is 0 Å². The van der Waals surface area contributed by atoms with Gasteiger partial charge in [-0.05, 0) is 25.1 Å². The molecule has 0 amide bonds. The zero-order chi connectivity index (χ0) is 14.7. The maximum Gasteiger partial charge on any atom is 0.128 e. The van der Waals surface area contributed by atoms with E-state index in [0.29, 0.717) is 22.4 Å². The van der Waals surface area contributed by atoms with Crippen LogP contribution in [0.15, 0.2) is 12.3 Å². The highest BCUT2D eigenvalue weighted by molar-refractivity contribution is 8.07. The van der Waals surface area contributed by atoms with Crippen LogP contribution in [0.4, 0.5) is 5.82 Å². The van der Waals surface area contributed by atoms with Crippen LogP contribution >= 0.6 is 23.5 Å². The van der Waals surface area contributed by atoms with E-state index in [2.05, 4.69) is 67.6 Å². The summed E-state index contributed by atoms with van der Waals surface area (Å²) >= 11 is 4.16. The number of nitrogens with one attached hydrogen (secondary N) is 1. The lowest BCUT2D eigenvalue weighted by atomic mass is 10.0. The summed E-state index contributed by atoms with van der Waals surface area (Å²) in [7, 11) is 0. The van der Waals surface area contributed by atoms with Crippen molar-refractivity contribution in [3.63, 3.8) is 0 Å². The van der Waals surface area contributed by atoms with Crippen LogP contribution in [-0.2, 0) is 0 Å². The third kappa shape index (κ3) is 3.62. The summed E-state index contributed by atoms with van der Waals surface area (Å²) in [5.41, 5.74) is 8.45. The van der Waals surface area contributed by atoms with Crippen molar-refractivity contribution in [3.05, 3.63) is 23.4 Å². The second-order valence-electron chi connectivity index (χ2n) is 5.44. The average Bonchev–Trinajstić information content (AvgIpc) is 2.42. The molecule has 3 N–H and O–H groups in total. The number of hydrogen-bond acceptors (Lipinski definition) is 5. The van der Waals surface area contributed by atoms with Crippen LogP contribution in [0.1, 0.15) is 37.9 Å². The predicted octanol–water partition coefficient (Wildman–Crippen LogP) is 3.25. The van der Waals surface area contributed by atoms with Crippen molar-refractivity contribution in [1.29, 1.82) is 0 Å². The molecule has 112 valence electrons. The first-order valence-electron chi connectivity index (χ1n) is 7.25. The average molecular weight is 312 g/mol. The Bertz CT molecular complexity index is 453. The number of anilines is 1. The Balaban J connectivity index is 2.24. The van der Waals surface area contributed by atoms with Crippen molar-refractivity contribution in [2.45, 2.75) is 49.5 Å². The smallest absolute Gasteiger partial charge is 0.128 e. The van der Waals surface area contributed by atoms with Crippen LogP contribution in [0.5, 0.6) is 0 Å². The molecule has 4 atom stereocenters. The minimum absolute atomic E-state index is 0.292. The first-order chi connectivity index (χ1) is 9.52. The number of aryl methyl sites for hydroxylation is 1. The van der Waals surface area contributed by atoms with E-state index in [1.807, 2.05) is 6.20 Å². The van der Waals surface area contributed by atoms with Gasteiger partial charge in [-0.3, -0.25) is 0 Å². The van der Waals surface area contributed by atoms with E-state index in [0.717, 1.165) is 17.4 Å². The molecule has 3 nitrogen and oxygen atoms in total. The predicted molar refractivity (Wildman–Crippen MR) is 92.6 cm³/mol. The molecule has 0 saturated carbocycles. The van der Waals surface area contributed by atoms with E-state index in [9.17, 15) is 0 Å². The lowest BCUT2D eigenvalue weighted by Gasteiger charge is -2.36. The van der Waals surface area contributed by atoms with Crippen LogP contribution in [0.3, 0.4) is 0 Å². The van der Waals surface area contributed by atoms with E-state index >= 15 is 0 Å². The van der Waals surface area contributed by atoms with Crippen LogP contribution < -0.4 is 11.1 Å². The van der Waals surface area contributed by atoms with Gasteiger partial charge in [0.25, 0.3) is 0 Å². The molecule has 0 aromatic carbocycles. The molecule has 0 spiro atoms. The summed E-state index contributed by atoms with van der Waals surface area (Å²) < 4.78 is 0. The van der Waals surface area contributed by atoms with Crippen LogP contribution in [0.2, 0.25) is 0 Å². The van der Waals surface area contributed by atoms with Crippen molar-refractivity contribution < 1.29 is 0 Å². The fourth-order valence-corrected chi connectivity index (χ4v) is 5.60. The van der Waals surface area contributed by atoms with Crippen LogP contribution in [0.25, 0.3) is 0 Å². The van der Waals surface area contributed by atoms with Gasteiger partial charge in [-0.15, -0.1) is 0 Å². The van der Waals surface area contributed by atoms with E-state index in [-0.39, 0.29) is 0 Å². The van der Waals surface area contributed by atoms with Gasteiger partial charge in [-0.2, -0.15) is 23.5 Å². The number of pyridine rings is 1. The molecule has 1 aliphatic heterocycles. The Kier molecular flexibility index (Phi) is 5.64. The minimum atomic E-state index is 0.292. The molecule has 20 heavy (non-hydrogen) atoms. The molecular weight excluding hydrogens is 286 g/mol. The number of rotatable bonds is 4. The number of hydrogen-bond donors (Lipinski definition) is 2. The standard InChI is InChI=1S/C15H25N3S2/c1-5-17-14(12-6-9(2)7-18-15(12)16)13-8-19-10(3)11(4)20-13/h6-7,10-11,13-14,17H,5,8H2,1-4H3,(H2,16,18). The Morgan fingerprint density at radius 1 is 1.45 bits per heavy atom. The van der Waals surface area contributed by atoms with Gasteiger partial charge in [-0.1, -0.05) is 20.8 Å². The molecule has 1 aromatic rings. The van der Waals surface area contributed by atoms with Gasteiger partial charge in [0.2, 0.25) is 0 Å². The molecule has 2 heterocycles. The van der Waals surface area contributed by atoms with E-state index in [1.54, 1.807) is 0 Å². The lowest BCUT2D eigenvalue weighted by molar-refractivity contribution is 0.547. The Labute approximate surface area is 130 Å². The highest BCUT2D eigenvalue weighted by Crippen LogP contribution is 2.41. The highest BCUT2D eigenvalue weighted by Gasteiger charge is 2.32. The number of nitrogens with two attached hydrogens (primary N) is 1. The van der Waals surface area contributed by atoms with Crippen molar-refractivity contribution in [2.75, 3.05) is 18.0 Å². The summed E-state index contributed by atoms with van der Waals surface area (Å²) in [5, 5.41) is 5.58. The van der Waals surface area contributed by atoms with Crippen molar-refractivity contribution >= 4 is 29.3 Å². The van der Waals surface area contributed by atoms with Crippen LogP contribution in [0, 0.1) is 6.92 Å². The molecule has 1 fully saturated rings. The summed E-state index contributed by atoms with van der Waals surface area (Å²) in [4.78, 5) is 4.33. The minimum Gasteiger partial charge on any atom is -0.383 e. The SMILES string of the molecule is CCNC(c1cc(C)cnc1N)C1CSC(C)C(C)S1. The molecule has 0 aliphatic carbocycles. The Morgan fingerprint density at radius 3 is 2.85 bits per heavy atom. The Hall–Kier alpha value is -0.390. The summed E-state index contributed by atoms with van der Waals surface area (Å²) in [6.07, 6.45) is 1.84. The van der Waals surface area contributed by atoms with E-state index in [4.69, 9.17) is 5.73 Å². The van der Waals surface area contributed by atoms with Gasteiger partial charge in [0, 0.05) is 39.3 Å². The maximum absolute atomic E-state index is 6.12. The molecule has 0 radical (unpaired) electrons. The molecule has 1 aromatic heterocycles. The molecule has 5 heteroatoms. The number of aromatic nitrogens is 1. The van der Waals surface area contributed by atoms with Gasteiger partial charge in [0.1, 0.15) is 5.82 Å². The van der Waals surface area contributed by atoms with Crippen molar-refractivity contribution in [2.24, 2.45) is 0 Å². The third-order valence-electron chi connectivity index (χ3n) is 3.79. The Morgan fingerprint density at radius 2 is 2.20 bits per heavy atom. The molecule has 1 saturated heterocycles. The second-order valence-corrected chi connectivity index (χ2v) is 8.47. The molecule has 4 unspecified atom stereocenters. The van der Waals surface area contributed by atoms with Gasteiger partial charge < -0.3 is 11.1 Å². The summed E-state index contributed by atoms with van der Waals surface area (Å²) in [6, 6.07) is 2.48. The topological polar surface area (TPSA) is 50.9 Å². The first kappa shape index (κ1) is 16.0. The van der Waals surface area contributed by atoms with E-state index in [1.165, 1.54) is 11.3 Å². The number of thioether (sulfide) groups is 2. The third-order valence-corrected chi connectivity index (χ3v) is 7.29. The lowest BCUT2D eigenvalue weighted by Crippen LogP contribution is -2.37. The monoisotopic (exact) mass is 311 g/mol. The second kappa shape index (κ2) is 7.05. The summed E-state index contributed by atoms with van der Waals surface area (Å²) in [5.74, 6) is 1.83. The van der Waals surface area contributed by atoms with E-state index < -0.39 is 0 Å². The highest BCUT2D eigenvalue weighted by atomic mass is 32.2. The molecular formula is C15H25N3S2. The van der Waals surface area contributed by atoms with Crippen molar-refractivity contribution in [3.8, 4) is 0 Å². The fraction of sp³-hybridized carbons (Fsp3) is 0.667. The quantitative estimate of drug-likeness (QED) is 0.894. The number of nitrogens with zero attached hydrogens (tertiary/aromatic N) is 1. The fourth-order valence-electron chi connectivity index (χ4n) is 2.50. The van der Waals surface area contributed by atoms with Gasteiger partial charge in [0.15, 0.2) is 0 Å². The zero-order valence-corrected chi connectivity index (χ0v) is 14.4.